The summed E-state index contributed by atoms with van der Waals surface area (Å²) >= 11 is 0. The van der Waals surface area contributed by atoms with Gasteiger partial charge >= 0.3 is 5.97 Å². The van der Waals surface area contributed by atoms with Gasteiger partial charge in [0.15, 0.2) is 0 Å². The summed E-state index contributed by atoms with van der Waals surface area (Å²) in [6.45, 7) is 3.66. The van der Waals surface area contributed by atoms with E-state index < -0.39 is 5.97 Å². The standard InChI is InChI=1S/C8H8O2.C2H7N/c1-6-3-2-4-7(5-6)8(9)10;1-3-2/h2-4H,1,5H2,(H,9,10);3H,1-2H3. The lowest BCUT2D eigenvalue weighted by Crippen LogP contribution is -2.02. The molecule has 3 nitrogen and oxygen atoms in total. The molecule has 0 aromatic heterocycles. The fraction of sp³-hybridized carbons (Fsp3) is 0.300. The summed E-state index contributed by atoms with van der Waals surface area (Å²) in [4.78, 5) is 10.4. The van der Waals surface area contributed by atoms with E-state index in [-0.39, 0.29) is 0 Å². The number of carbonyl (C=O) groups is 1. The van der Waals surface area contributed by atoms with E-state index >= 15 is 0 Å². The van der Waals surface area contributed by atoms with Crippen molar-refractivity contribution in [1.29, 1.82) is 0 Å². The molecule has 72 valence electrons. The molecule has 0 fully saturated rings. The summed E-state index contributed by atoms with van der Waals surface area (Å²) in [5, 5.41) is 11.3. The molecule has 13 heavy (non-hydrogen) atoms. The maximum absolute atomic E-state index is 10.4. The molecule has 0 aromatic rings. The topological polar surface area (TPSA) is 49.3 Å². The zero-order valence-corrected chi connectivity index (χ0v) is 8.00. The van der Waals surface area contributed by atoms with Crippen LogP contribution in [-0.4, -0.2) is 25.2 Å². The molecule has 0 aliphatic heterocycles. The van der Waals surface area contributed by atoms with E-state index in [1.807, 2.05) is 20.2 Å². The Hall–Kier alpha value is -1.35. The van der Waals surface area contributed by atoms with Gasteiger partial charge in [-0.1, -0.05) is 30.4 Å². The van der Waals surface area contributed by atoms with E-state index in [4.69, 9.17) is 5.11 Å². The van der Waals surface area contributed by atoms with Crippen LogP contribution in [0.2, 0.25) is 0 Å². The summed E-state index contributed by atoms with van der Waals surface area (Å²) in [6, 6.07) is 0. The van der Waals surface area contributed by atoms with Crippen LogP contribution in [0.25, 0.3) is 0 Å². The van der Waals surface area contributed by atoms with Crippen molar-refractivity contribution in [2.24, 2.45) is 0 Å². The van der Waals surface area contributed by atoms with Crippen molar-refractivity contribution in [3.63, 3.8) is 0 Å². The molecule has 0 heterocycles. The van der Waals surface area contributed by atoms with E-state index in [0.717, 1.165) is 5.57 Å². The zero-order chi connectivity index (χ0) is 10.3. The van der Waals surface area contributed by atoms with Crippen LogP contribution in [0.1, 0.15) is 6.42 Å². The van der Waals surface area contributed by atoms with Gasteiger partial charge in [-0.25, -0.2) is 4.79 Å². The van der Waals surface area contributed by atoms with Crippen LogP contribution in [-0.2, 0) is 4.79 Å². The van der Waals surface area contributed by atoms with Gasteiger partial charge in [0, 0.05) is 12.0 Å². The van der Waals surface area contributed by atoms with Crippen LogP contribution < -0.4 is 5.32 Å². The lowest BCUT2D eigenvalue weighted by atomic mass is 10.0. The van der Waals surface area contributed by atoms with Gasteiger partial charge in [-0.3, -0.25) is 0 Å². The van der Waals surface area contributed by atoms with Crippen molar-refractivity contribution >= 4 is 5.97 Å². The van der Waals surface area contributed by atoms with Gasteiger partial charge in [0.1, 0.15) is 0 Å². The van der Waals surface area contributed by atoms with Gasteiger partial charge in [-0.05, 0) is 14.1 Å². The van der Waals surface area contributed by atoms with Gasteiger partial charge in [-0.2, -0.15) is 0 Å². The van der Waals surface area contributed by atoms with Gasteiger partial charge < -0.3 is 10.4 Å². The largest absolute Gasteiger partial charge is 0.478 e. The Morgan fingerprint density at radius 3 is 2.46 bits per heavy atom. The molecule has 0 saturated carbocycles. The van der Waals surface area contributed by atoms with Gasteiger partial charge in [0.2, 0.25) is 0 Å². The second kappa shape index (κ2) is 6.20. The molecular formula is C10H15NO2. The second-order valence-corrected chi connectivity index (χ2v) is 2.69. The third-order valence-electron chi connectivity index (χ3n) is 1.32. The SMILES string of the molecule is C=C1C=CC=C(C(=O)O)C1.CNC. The second-order valence-electron chi connectivity index (χ2n) is 2.69. The number of hydrogen-bond donors (Lipinski definition) is 2. The third kappa shape index (κ3) is 4.98. The highest BCUT2D eigenvalue weighted by molar-refractivity contribution is 5.88. The lowest BCUT2D eigenvalue weighted by Gasteiger charge is -2.04. The number of carboxylic acid groups (broad SMARTS) is 1. The fourth-order valence-corrected chi connectivity index (χ4v) is 0.810. The number of allylic oxidation sites excluding steroid dienone is 4. The van der Waals surface area contributed by atoms with Crippen LogP contribution in [0.4, 0.5) is 0 Å². The number of rotatable bonds is 1. The molecule has 1 aliphatic carbocycles. The van der Waals surface area contributed by atoms with E-state index in [2.05, 4.69) is 11.9 Å². The Kier molecular flexibility index (Phi) is 5.55. The maximum Gasteiger partial charge on any atom is 0.331 e. The minimum absolute atomic E-state index is 0.410. The predicted octanol–water partition coefficient (Wildman–Crippen LogP) is 1.35. The van der Waals surface area contributed by atoms with Gasteiger partial charge in [-0.15, -0.1) is 0 Å². The molecule has 1 rings (SSSR count). The summed E-state index contributed by atoms with van der Waals surface area (Å²) in [6.07, 6.45) is 5.57. The molecule has 0 saturated heterocycles. The van der Waals surface area contributed by atoms with E-state index in [1.165, 1.54) is 0 Å². The van der Waals surface area contributed by atoms with Gasteiger partial charge in [0.05, 0.1) is 0 Å². The molecule has 0 bridgehead atoms. The molecule has 3 heteroatoms. The molecule has 0 atom stereocenters. The zero-order valence-electron chi connectivity index (χ0n) is 8.00. The Morgan fingerprint density at radius 1 is 1.62 bits per heavy atom. The molecule has 2 N–H and O–H groups in total. The smallest absolute Gasteiger partial charge is 0.331 e. The molecular weight excluding hydrogens is 166 g/mol. The van der Waals surface area contributed by atoms with Crippen molar-refractivity contribution in [1.82, 2.24) is 5.32 Å². The number of nitrogens with one attached hydrogen (secondary N) is 1. The Balaban J connectivity index is 0.000000424. The van der Waals surface area contributed by atoms with Gasteiger partial charge in [0.25, 0.3) is 0 Å². The first kappa shape index (κ1) is 11.6. The lowest BCUT2D eigenvalue weighted by molar-refractivity contribution is -0.132. The summed E-state index contributed by atoms with van der Waals surface area (Å²) in [5.41, 5.74) is 1.26. The monoisotopic (exact) mass is 181 g/mol. The molecule has 0 aromatic carbocycles. The van der Waals surface area contributed by atoms with Crippen molar-refractivity contribution in [3.8, 4) is 0 Å². The highest BCUT2D eigenvalue weighted by Crippen LogP contribution is 2.15. The third-order valence-corrected chi connectivity index (χ3v) is 1.32. The normalized spacial score (nSPS) is 14.3. The van der Waals surface area contributed by atoms with Crippen LogP contribution in [0.15, 0.2) is 36.0 Å². The molecule has 0 unspecified atom stereocenters. The van der Waals surface area contributed by atoms with Crippen molar-refractivity contribution in [3.05, 3.63) is 36.0 Å². The number of carboxylic acids is 1. The highest BCUT2D eigenvalue weighted by Gasteiger charge is 2.08. The van der Waals surface area contributed by atoms with E-state index in [0.29, 0.717) is 12.0 Å². The minimum atomic E-state index is -0.856. The minimum Gasteiger partial charge on any atom is -0.478 e. The first-order valence-electron chi connectivity index (χ1n) is 3.98. The quantitative estimate of drug-likeness (QED) is 0.642. The Labute approximate surface area is 78.5 Å². The molecule has 0 radical (unpaired) electrons. The number of hydrogen-bond acceptors (Lipinski definition) is 2. The van der Waals surface area contributed by atoms with Crippen molar-refractivity contribution < 1.29 is 9.90 Å². The van der Waals surface area contributed by atoms with E-state index in [1.54, 1.807) is 12.2 Å². The van der Waals surface area contributed by atoms with Crippen LogP contribution in [0.5, 0.6) is 0 Å². The fourth-order valence-electron chi connectivity index (χ4n) is 0.810. The van der Waals surface area contributed by atoms with Crippen molar-refractivity contribution in [2.45, 2.75) is 6.42 Å². The summed E-state index contributed by atoms with van der Waals surface area (Å²) < 4.78 is 0. The Morgan fingerprint density at radius 2 is 2.15 bits per heavy atom. The first-order valence-corrected chi connectivity index (χ1v) is 3.98. The Bertz CT molecular complexity index is 252. The van der Waals surface area contributed by atoms with Crippen LogP contribution >= 0.6 is 0 Å². The highest BCUT2D eigenvalue weighted by atomic mass is 16.4. The molecule has 0 amide bonds. The maximum atomic E-state index is 10.4. The number of aliphatic carboxylic acids is 1. The predicted molar refractivity (Wildman–Crippen MR) is 53.6 cm³/mol. The summed E-state index contributed by atoms with van der Waals surface area (Å²) in [7, 11) is 3.75. The first-order chi connectivity index (χ1) is 6.11. The molecule has 0 spiro atoms. The van der Waals surface area contributed by atoms with E-state index in [9.17, 15) is 4.79 Å². The summed E-state index contributed by atoms with van der Waals surface area (Å²) in [5.74, 6) is -0.856. The average molecular weight is 181 g/mol. The van der Waals surface area contributed by atoms with Crippen LogP contribution in [0, 0.1) is 0 Å². The van der Waals surface area contributed by atoms with Crippen LogP contribution in [0.3, 0.4) is 0 Å². The average Bonchev–Trinajstić information content (AvgIpc) is 2.05. The molecule has 1 aliphatic rings. The van der Waals surface area contributed by atoms with Crippen molar-refractivity contribution in [2.75, 3.05) is 14.1 Å².